The predicted octanol–water partition coefficient (Wildman–Crippen LogP) is 1.79. The molecule has 6 heteroatoms. The Morgan fingerprint density at radius 3 is 2.59 bits per heavy atom. The number of carbonyl (C=O) groups is 1. The zero-order valence-electron chi connectivity index (χ0n) is 16.3. The molecule has 5 rings (SSSR count). The molecule has 4 heterocycles. The molecular weight excluding hydrogens is 345 g/mol. The first kappa shape index (κ1) is 18.8. The first-order valence-corrected chi connectivity index (χ1v) is 10.0. The van der Waals surface area contributed by atoms with Crippen LogP contribution in [-0.2, 0) is 9.53 Å². The quantitative estimate of drug-likeness (QED) is 0.760. The number of piperidine rings is 3. The van der Waals surface area contributed by atoms with Crippen molar-refractivity contribution in [2.24, 2.45) is 5.92 Å². The average molecular weight is 375 g/mol. The van der Waals surface area contributed by atoms with Crippen LogP contribution in [0.5, 0.6) is 0 Å². The molecule has 0 aliphatic carbocycles. The lowest BCUT2D eigenvalue weighted by Crippen LogP contribution is -2.61. The van der Waals surface area contributed by atoms with Crippen LogP contribution < -0.4 is 0 Å². The number of benzene rings is 1. The highest BCUT2D eigenvalue weighted by atomic mass is 19.1. The van der Waals surface area contributed by atoms with Gasteiger partial charge in [0.2, 0.25) is 5.91 Å². The van der Waals surface area contributed by atoms with Crippen LogP contribution in [0.1, 0.15) is 24.3 Å². The van der Waals surface area contributed by atoms with Gasteiger partial charge in [0.05, 0.1) is 19.2 Å². The van der Waals surface area contributed by atoms with Crippen molar-refractivity contribution in [3.8, 4) is 0 Å². The zero-order valence-corrected chi connectivity index (χ0v) is 16.3. The minimum Gasteiger partial charge on any atom is -0.383 e. The second-order valence-corrected chi connectivity index (χ2v) is 8.29. The van der Waals surface area contributed by atoms with Gasteiger partial charge in [0, 0.05) is 32.2 Å². The molecule has 3 atom stereocenters. The van der Waals surface area contributed by atoms with E-state index in [1.165, 1.54) is 12.8 Å². The van der Waals surface area contributed by atoms with Crippen molar-refractivity contribution in [3.63, 3.8) is 0 Å². The lowest BCUT2D eigenvalue weighted by atomic mass is 9.75. The van der Waals surface area contributed by atoms with Crippen molar-refractivity contribution >= 4 is 5.91 Å². The minimum atomic E-state index is -0.202. The van der Waals surface area contributed by atoms with E-state index in [4.69, 9.17) is 4.74 Å². The molecule has 0 unspecified atom stereocenters. The highest BCUT2D eigenvalue weighted by Crippen LogP contribution is 2.46. The number of methoxy groups -OCH3 is 1. The number of likely N-dealkylation sites (tertiary alicyclic amines) is 1. The summed E-state index contributed by atoms with van der Waals surface area (Å²) in [7, 11) is 3.65. The third-order valence-corrected chi connectivity index (χ3v) is 6.70. The number of hydrogen-bond donors (Lipinski definition) is 0. The number of likely N-dealkylation sites (N-methyl/N-ethyl adjacent to an activating group) is 1. The van der Waals surface area contributed by atoms with E-state index in [0.29, 0.717) is 31.2 Å². The topological polar surface area (TPSA) is 36.0 Å². The van der Waals surface area contributed by atoms with E-state index in [1.54, 1.807) is 19.2 Å². The Hall–Kier alpha value is -1.50. The molecule has 0 radical (unpaired) electrons. The normalized spacial score (nSPS) is 32.1. The number of nitrogens with zero attached hydrogens (tertiary/aromatic N) is 3. The van der Waals surface area contributed by atoms with E-state index >= 15 is 0 Å². The van der Waals surface area contributed by atoms with Crippen LogP contribution >= 0.6 is 0 Å². The summed E-state index contributed by atoms with van der Waals surface area (Å²) in [5.74, 6) is 0.874. The average Bonchev–Trinajstić information content (AvgIpc) is 3.11. The molecule has 4 fully saturated rings. The van der Waals surface area contributed by atoms with Crippen molar-refractivity contribution in [2.75, 3.05) is 53.5 Å². The van der Waals surface area contributed by atoms with Crippen LogP contribution in [0, 0.1) is 11.7 Å². The predicted molar refractivity (Wildman–Crippen MR) is 102 cm³/mol. The van der Waals surface area contributed by atoms with Crippen LogP contribution in [0.15, 0.2) is 24.3 Å². The van der Waals surface area contributed by atoms with Crippen LogP contribution in [0.2, 0.25) is 0 Å². The molecule has 4 aliphatic heterocycles. The van der Waals surface area contributed by atoms with Crippen LogP contribution in [0.4, 0.5) is 4.39 Å². The Morgan fingerprint density at radius 1 is 1.22 bits per heavy atom. The van der Waals surface area contributed by atoms with Crippen molar-refractivity contribution in [2.45, 2.75) is 30.8 Å². The van der Waals surface area contributed by atoms with Gasteiger partial charge >= 0.3 is 0 Å². The maximum atomic E-state index is 13.4. The summed E-state index contributed by atoms with van der Waals surface area (Å²) < 4.78 is 18.5. The Labute approximate surface area is 161 Å². The van der Waals surface area contributed by atoms with Gasteiger partial charge in [-0.15, -0.1) is 0 Å². The molecule has 0 spiro atoms. The van der Waals surface area contributed by atoms with Gasteiger partial charge in [0.15, 0.2) is 0 Å². The Balaban J connectivity index is 1.55. The summed E-state index contributed by atoms with van der Waals surface area (Å²) in [5.41, 5.74) is 1.15. The maximum Gasteiger partial charge on any atom is 0.237 e. The molecule has 4 saturated heterocycles. The van der Waals surface area contributed by atoms with E-state index in [0.717, 1.165) is 31.7 Å². The zero-order chi connectivity index (χ0) is 19.0. The minimum absolute atomic E-state index is 0.202. The molecule has 27 heavy (non-hydrogen) atoms. The molecule has 5 nitrogen and oxygen atoms in total. The molecule has 1 aromatic rings. The lowest BCUT2D eigenvalue weighted by Gasteiger charge is -2.51. The molecule has 0 saturated carbocycles. The third kappa shape index (κ3) is 3.62. The largest absolute Gasteiger partial charge is 0.383 e. The molecule has 148 valence electrons. The molecule has 0 aromatic heterocycles. The van der Waals surface area contributed by atoms with Gasteiger partial charge < -0.3 is 9.64 Å². The molecule has 2 bridgehead atoms. The number of carbonyl (C=O) groups excluding carboxylic acids is 1. The Bertz CT molecular complexity index is 660. The fourth-order valence-electron chi connectivity index (χ4n) is 5.36. The van der Waals surface area contributed by atoms with E-state index in [1.807, 2.05) is 24.1 Å². The van der Waals surface area contributed by atoms with Gasteiger partial charge in [-0.05, 0) is 56.6 Å². The summed E-state index contributed by atoms with van der Waals surface area (Å²) in [6, 6.07) is 7.56. The Morgan fingerprint density at radius 2 is 1.93 bits per heavy atom. The van der Waals surface area contributed by atoms with Gasteiger partial charge in [-0.1, -0.05) is 12.1 Å². The highest BCUT2D eigenvalue weighted by Gasteiger charge is 2.54. The van der Waals surface area contributed by atoms with Crippen molar-refractivity contribution < 1.29 is 13.9 Å². The first-order valence-electron chi connectivity index (χ1n) is 10.0. The van der Waals surface area contributed by atoms with E-state index in [-0.39, 0.29) is 17.6 Å². The van der Waals surface area contributed by atoms with Crippen LogP contribution in [0.3, 0.4) is 0 Å². The molecule has 1 amide bonds. The maximum absolute atomic E-state index is 13.4. The number of hydrogen-bond acceptors (Lipinski definition) is 4. The van der Waals surface area contributed by atoms with Crippen molar-refractivity contribution in [1.82, 2.24) is 14.7 Å². The number of amides is 1. The summed E-state index contributed by atoms with van der Waals surface area (Å²) in [5, 5.41) is 0. The SMILES string of the molecule is COCCN(C)CC(=O)N1C[C@@H](c2ccc(F)cc2)[C@@H]2[C@H]1C1CCN2CC1. The van der Waals surface area contributed by atoms with Crippen LogP contribution in [0.25, 0.3) is 0 Å². The van der Waals surface area contributed by atoms with E-state index in [9.17, 15) is 9.18 Å². The fourth-order valence-corrected chi connectivity index (χ4v) is 5.36. The number of fused-ring (bicyclic) bond motifs is 2. The summed E-state index contributed by atoms with van der Waals surface area (Å²) >= 11 is 0. The highest BCUT2D eigenvalue weighted by molar-refractivity contribution is 5.79. The van der Waals surface area contributed by atoms with Gasteiger partial charge in [-0.3, -0.25) is 14.6 Å². The van der Waals surface area contributed by atoms with Crippen molar-refractivity contribution in [3.05, 3.63) is 35.6 Å². The molecule has 1 aromatic carbocycles. The third-order valence-electron chi connectivity index (χ3n) is 6.70. The number of ether oxygens (including phenoxy) is 1. The molecule has 4 aliphatic rings. The number of rotatable bonds is 6. The monoisotopic (exact) mass is 375 g/mol. The second kappa shape index (κ2) is 7.86. The fraction of sp³-hybridized carbons (Fsp3) is 0.667. The summed E-state index contributed by atoms with van der Waals surface area (Å²) in [6.07, 6.45) is 2.36. The molecular formula is C21H30FN3O2. The Kier molecular flexibility index (Phi) is 5.48. The smallest absolute Gasteiger partial charge is 0.237 e. The summed E-state index contributed by atoms with van der Waals surface area (Å²) in [4.78, 5) is 19.9. The van der Waals surface area contributed by atoms with Crippen molar-refractivity contribution in [1.29, 1.82) is 0 Å². The second-order valence-electron chi connectivity index (χ2n) is 8.29. The van der Waals surface area contributed by atoms with Gasteiger partial charge in [-0.2, -0.15) is 0 Å². The van der Waals surface area contributed by atoms with E-state index < -0.39 is 0 Å². The lowest BCUT2D eigenvalue weighted by molar-refractivity contribution is -0.137. The van der Waals surface area contributed by atoms with Gasteiger partial charge in [0.1, 0.15) is 5.82 Å². The van der Waals surface area contributed by atoms with Crippen LogP contribution in [-0.4, -0.2) is 86.2 Å². The molecule has 0 N–H and O–H groups in total. The van der Waals surface area contributed by atoms with Gasteiger partial charge in [0.25, 0.3) is 0 Å². The first-order chi connectivity index (χ1) is 13.1. The van der Waals surface area contributed by atoms with Gasteiger partial charge in [-0.25, -0.2) is 4.39 Å². The standard InChI is InChI=1S/C21H30FN3O2/c1-23(11-12-27-2)14-19(26)25-13-18(15-3-5-17(22)6-4-15)21-20(25)16-7-9-24(21)10-8-16/h3-6,16,18,20-21H,7-14H2,1-2H3/t18-,20+,21+/m0/s1. The summed E-state index contributed by atoms with van der Waals surface area (Å²) in [6.45, 7) is 4.80. The number of halogens is 1. The van der Waals surface area contributed by atoms with E-state index in [2.05, 4.69) is 9.80 Å².